The molecule has 0 aromatic heterocycles. The van der Waals surface area contributed by atoms with Crippen LogP contribution >= 0.6 is 0 Å². The van der Waals surface area contributed by atoms with Crippen LogP contribution in [0.25, 0.3) is 6.08 Å². The molecule has 2 heterocycles. The Hall–Kier alpha value is -6.36. The normalized spacial score (nSPS) is 20.7. The Morgan fingerprint density at radius 3 is 2.02 bits per heavy atom. The van der Waals surface area contributed by atoms with Crippen LogP contribution in [0.3, 0.4) is 0 Å². The smallest absolute Gasteiger partial charge is 0.343 e. The number of benzene rings is 4. The molecule has 3 aliphatic rings. The number of ketones is 1. The monoisotopic (exact) mass is 686 g/mol. The van der Waals surface area contributed by atoms with E-state index in [0.717, 1.165) is 5.56 Å². The second-order valence-electron chi connectivity index (χ2n) is 12.3. The molecule has 256 valence electrons. The van der Waals surface area contributed by atoms with E-state index in [1.54, 1.807) is 97.1 Å². The Kier molecular flexibility index (Phi) is 9.26. The number of ether oxygens (including phenoxy) is 5. The molecule has 0 saturated carbocycles. The standard InChI is InChI=1S/C40H30O11/c41-34(24-4-2-1-3-5-24)17-8-23-6-11-27(12-7-23)49-37(43)25-9-13-26(14-10-25)47-18-19-48-28-15-16-29-30(32-22-35(42)50-38(32)44)21-33-36(31(29)20-28)40(46)51-39(33)45/h1-17,20,30,32-33,36H,18-19,21-22H2. The van der Waals surface area contributed by atoms with Gasteiger partial charge in [0.2, 0.25) is 0 Å². The summed E-state index contributed by atoms with van der Waals surface area (Å²) >= 11 is 0. The minimum absolute atomic E-state index is 0.0894. The molecule has 2 fully saturated rings. The Bertz CT molecular complexity index is 2050. The lowest BCUT2D eigenvalue weighted by Crippen LogP contribution is -2.31. The van der Waals surface area contributed by atoms with Crippen molar-refractivity contribution < 1.29 is 52.5 Å². The van der Waals surface area contributed by atoms with Gasteiger partial charge in [0.25, 0.3) is 0 Å². The second kappa shape index (κ2) is 14.2. The van der Waals surface area contributed by atoms with Crippen LogP contribution in [-0.4, -0.2) is 48.8 Å². The number of allylic oxidation sites excluding steroid dienone is 1. The lowest BCUT2D eigenvalue weighted by atomic mass is 9.67. The summed E-state index contributed by atoms with van der Waals surface area (Å²) in [6.07, 6.45) is 3.30. The third-order valence-corrected chi connectivity index (χ3v) is 9.14. The van der Waals surface area contributed by atoms with E-state index in [0.29, 0.717) is 39.5 Å². The molecule has 2 saturated heterocycles. The zero-order valence-electron chi connectivity index (χ0n) is 27.0. The van der Waals surface area contributed by atoms with Crippen LogP contribution in [0, 0.1) is 11.8 Å². The number of hydrogen-bond donors (Lipinski definition) is 0. The highest BCUT2D eigenvalue weighted by molar-refractivity contribution is 6.06. The van der Waals surface area contributed by atoms with Gasteiger partial charge in [-0.3, -0.25) is 24.0 Å². The fourth-order valence-corrected chi connectivity index (χ4v) is 6.63. The van der Waals surface area contributed by atoms with E-state index in [1.165, 1.54) is 6.08 Å². The maximum Gasteiger partial charge on any atom is 0.343 e. The quantitative estimate of drug-likeness (QED) is 0.0483. The van der Waals surface area contributed by atoms with E-state index in [-0.39, 0.29) is 31.8 Å². The van der Waals surface area contributed by atoms with Gasteiger partial charge in [-0.1, -0.05) is 54.6 Å². The van der Waals surface area contributed by atoms with Crippen LogP contribution in [0.15, 0.2) is 103 Å². The van der Waals surface area contributed by atoms with Crippen LogP contribution < -0.4 is 14.2 Å². The molecule has 1 aliphatic carbocycles. The fourth-order valence-electron chi connectivity index (χ4n) is 6.63. The van der Waals surface area contributed by atoms with Crippen molar-refractivity contribution in [1.29, 1.82) is 0 Å². The van der Waals surface area contributed by atoms with E-state index in [1.807, 2.05) is 6.07 Å². The molecule has 51 heavy (non-hydrogen) atoms. The summed E-state index contributed by atoms with van der Waals surface area (Å²) in [4.78, 5) is 74.3. The number of fused-ring (bicyclic) bond motifs is 3. The molecule has 0 N–H and O–H groups in total. The van der Waals surface area contributed by atoms with Crippen LogP contribution in [0.2, 0.25) is 0 Å². The predicted molar refractivity (Wildman–Crippen MR) is 179 cm³/mol. The first kappa shape index (κ1) is 33.2. The summed E-state index contributed by atoms with van der Waals surface area (Å²) in [7, 11) is 0. The van der Waals surface area contributed by atoms with Gasteiger partial charge in [-0.05, 0) is 83.6 Å². The number of carbonyl (C=O) groups is 6. The predicted octanol–water partition coefficient (Wildman–Crippen LogP) is 5.62. The summed E-state index contributed by atoms with van der Waals surface area (Å²) in [5.74, 6) is -4.73. The van der Waals surface area contributed by atoms with E-state index in [4.69, 9.17) is 23.7 Å². The number of carbonyl (C=O) groups excluding carboxylic acids is 6. The maximum absolute atomic E-state index is 12.7. The third kappa shape index (κ3) is 7.18. The van der Waals surface area contributed by atoms with Crippen molar-refractivity contribution in [3.05, 3.63) is 131 Å². The van der Waals surface area contributed by atoms with Gasteiger partial charge in [0, 0.05) is 5.56 Å². The van der Waals surface area contributed by atoms with Crippen molar-refractivity contribution in [3.63, 3.8) is 0 Å². The minimum Gasteiger partial charge on any atom is -0.490 e. The lowest BCUT2D eigenvalue weighted by Gasteiger charge is -2.33. The van der Waals surface area contributed by atoms with E-state index in [9.17, 15) is 28.8 Å². The maximum atomic E-state index is 12.7. The topological polar surface area (TPSA) is 149 Å². The molecule has 0 radical (unpaired) electrons. The molecule has 4 aromatic carbocycles. The van der Waals surface area contributed by atoms with Gasteiger partial charge in [0.15, 0.2) is 5.78 Å². The SMILES string of the molecule is O=C1CC(C2CC3C(=O)OC(=O)C3c3cc(OCCOc4ccc(C(=O)Oc5ccc(C=CC(=O)c6ccccc6)cc5)cc4)ccc32)C(=O)O1. The highest BCUT2D eigenvalue weighted by Gasteiger charge is 2.53. The van der Waals surface area contributed by atoms with Gasteiger partial charge in [-0.2, -0.15) is 0 Å². The van der Waals surface area contributed by atoms with Crippen LogP contribution in [0.4, 0.5) is 0 Å². The molecule has 7 rings (SSSR count). The molecular weight excluding hydrogens is 656 g/mol. The molecule has 4 aromatic rings. The molecule has 0 amide bonds. The molecule has 0 bridgehead atoms. The molecule has 4 unspecified atom stereocenters. The van der Waals surface area contributed by atoms with Gasteiger partial charge in [-0.15, -0.1) is 0 Å². The first-order chi connectivity index (χ1) is 24.7. The van der Waals surface area contributed by atoms with Crippen molar-refractivity contribution in [2.24, 2.45) is 11.8 Å². The van der Waals surface area contributed by atoms with Gasteiger partial charge < -0.3 is 23.7 Å². The highest BCUT2D eigenvalue weighted by atomic mass is 16.6. The zero-order valence-corrected chi connectivity index (χ0v) is 27.0. The summed E-state index contributed by atoms with van der Waals surface area (Å²) in [5.41, 5.74) is 2.91. The van der Waals surface area contributed by atoms with Crippen molar-refractivity contribution in [2.75, 3.05) is 13.2 Å². The van der Waals surface area contributed by atoms with Gasteiger partial charge in [0.05, 0.1) is 29.7 Å². The van der Waals surface area contributed by atoms with Crippen LogP contribution in [-0.2, 0) is 28.7 Å². The van der Waals surface area contributed by atoms with Crippen molar-refractivity contribution in [3.8, 4) is 17.2 Å². The van der Waals surface area contributed by atoms with Crippen molar-refractivity contribution in [1.82, 2.24) is 0 Å². The van der Waals surface area contributed by atoms with Gasteiger partial charge in [0.1, 0.15) is 30.5 Å². The van der Waals surface area contributed by atoms with E-state index < -0.39 is 53.5 Å². The first-order valence-electron chi connectivity index (χ1n) is 16.3. The Morgan fingerprint density at radius 1 is 0.647 bits per heavy atom. The second-order valence-corrected chi connectivity index (χ2v) is 12.3. The van der Waals surface area contributed by atoms with Crippen molar-refractivity contribution in [2.45, 2.75) is 24.7 Å². The molecule has 2 aliphatic heterocycles. The summed E-state index contributed by atoms with van der Waals surface area (Å²) < 4.78 is 26.8. The summed E-state index contributed by atoms with van der Waals surface area (Å²) in [6, 6.07) is 27.3. The average molecular weight is 687 g/mol. The number of cyclic esters (lactones) is 4. The minimum atomic E-state index is -0.819. The molecule has 4 atom stereocenters. The number of esters is 5. The molecule has 0 spiro atoms. The molecular formula is C40H30O11. The summed E-state index contributed by atoms with van der Waals surface area (Å²) in [5, 5.41) is 0. The lowest BCUT2D eigenvalue weighted by molar-refractivity contribution is -0.155. The number of hydrogen-bond acceptors (Lipinski definition) is 11. The summed E-state index contributed by atoms with van der Waals surface area (Å²) in [6.45, 7) is 0.294. The third-order valence-electron chi connectivity index (χ3n) is 9.14. The first-order valence-corrected chi connectivity index (χ1v) is 16.3. The van der Waals surface area contributed by atoms with E-state index in [2.05, 4.69) is 0 Å². The highest BCUT2D eigenvalue weighted by Crippen LogP contribution is 2.51. The van der Waals surface area contributed by atoms with E-state index >= 15 is 0 Å². The van der Waals surface area contributed by atoms with Crippen molar-refractivity contribution >= 4 is 41.7 Å². The largest absolute Gasteiger partial charge is 0.490 e. The molecule has 11 nitrogen and oxygen atoms in total. The van der Waals surface area contributed by atoms with Crippen LogP contribution in [0.1, 0.15) is 62.1 Å². The van der Waals surface area contributed by atoms with Gasteiger partial charge >= 0.3 is 29.8 Å². The van der Waals surface area contributed by atoms with Crippen LogP contribution in [0.5, 0.6) is 17.2 Å². The van der Waals surface area contributed by atoms with Gasteiger partial charge in [-0.25, -0.2) is 4.79 Å². The Morgan fingerprint density at radius 2 is 1.31 bits per heavy atom. The zero-order chi connectivity index (χ0) is 35.5. The fraction of sp³-hybridized carbons (Fsp3) is 0.200. The Balaban J connectivity index is 0.914. The number of rotatable bonds is 11. The molecule has 11 heteroatoms. The Labute approximate surface area is 291 Å². The average Bonchev–Trinajstić information content (AvgIpc) is 3.64.